The molecule has 1 aliphatic heterocycles. The molecule has 2 atom stereocenters. The van der Waals surface area contributed by atoms with Crippen LogP contribution in [-0.2, 0) is 4.84 Å². The Kier molecular flexibility index (Phi) is 4.30. The first kappa shape index (κ1) is 13.0. The molecule has 0 aromatic heterocycles. The van der Waals surface area contributed by atoms with Crippen molar-refractivity contribution in [3.05, 3.63) is 35.0 Å². The molecule has 18 heavy (non-hydrogen) atoms. The van der Waals surface area contributed by atoms with Gasteiger partial charge in [0.15, 0.2) is 5.69 Å². The number of oxime groups is 1. The SMILES string of the molecule is CCCCC1CC(c2cccc([NH+]([O-])O)c2)=NO1. The summed E-state index contributed by atoms with van der Waals surface area (Å²) in [7, 11) is 0. The molecule has 0 aliphatic carbocycles. The molecule has 2 rings (SSSR count). The highest BCUT2D eigenvalue weighted by Gasteiger charge is 2.22. The third kappa shape index (κ3) is 3.07. The standard InChI is InChI=1S/C13H18N2O3/c1-2-3-7-12-9-13(14-18-12)10-5-4-6-11(8-10)15(16)17/h4-6,8,12,15-16H,2-3,7,9H2,1H3. The van der Waals surface area contributed by atoms with Crippen molar-refractivity contribution in [2.24, 2.45) is 5.16 Å². The summed E-state index contributed by atoms with van der Waals surface area (Å²) in [4.78, 5) is 5.36. The molecule has 0 saturated carbocycles. The average Bonchev–Trinajstić information content (AvgIpc) is 2.85. The van der Waals surface area contributed by atoms with Crippen molar-refractivity contribution in [1.82, 2.24) is 0 Å². The molecule has 1 heterocycles. The lowest BCUT2D eigenvalue weighted by molar-refractivity contribution is -0.991. The number of hydrogen-bond donors (Lipinski definition) is 2. The van der Waals surface area contributed by atoms with E-state index in [1.54, 1.807) is 18.2 Å². The molecule has 5 heteroatoms. The summed E-state index contributed by atoms with van der Waals surface area (Å²) < 4.78 is 0. The molecular formula is C13H18N2O3. The fourth-order valence-corrected chi connectivity index (χ4v) is 2.02. The van der Waals surface area contributed by atoms with Crippen LogP contribution in [0.25, 0.3) is 0 Å². The zero-order valence-electron chi connectivity index (χ0n) is 10.4. The lowest BCUT2D eigenvalue weighted by Gasteiger charge is -2.12. The van der Waals surface area contributed by atoms with Gasteiger partial charge in [-0.2, -0.15) is 5.23 Å². The highest BCUT2D eigenvalue weighted by molar-refractivity contribution is 6.01. The molecular weight excluding hydrogens is 232 g/mol. The van der Waals surface area contributed by atoms with Crippen LogP contribution < -0.4 is 5.23 Å². The van der Waals surface area contributed by atoms with Crippen molar-refractivity contribution in [3.8, 4) is 0 Å². The van der Waals surface area contributed by atoms with Crippen LogP contribution in [0.3, 0.4) is 0 Å². The maximum absolute atomic E-state index is 10.9. The molecule has 1 aromatic rings. The van der Waals surface area contributed by atoms with Crippen LogP contribution in [0.15, 0.2) is 29.4 Å². The zero-order valence-corrected chi connectivity index (χ0v) is 10.4. The number of hydrogen-bond acceptors (Lipinski definition) is 4. The Bertz CT molecular complexity index is 432. The first-order valence-corrected chi connectivity index (χ1v) is 6.27. The van der Waals surface area contributed by atoms with E-state index in [4.69, 9.17) is 10.0 Å². The normalized spacial score (nSPS) is 20.4. The van der Waals surface area contributed by atoms with E-state index in [1.165, 1.54) is 0 Å². The summed E-state index contributed by atoms with van der Waals surface area (Å²) in [6.07, 6.45) is 4.19. The van der Waals surface area contributed by atoms with Crippen molar-refractivity contribution in [2.45, 2.75) is 38.7 Å². The molecule has 98 valence electrons. The van der Waals surface area contributed by atoms with E-state index >= 15 is 0 Å². The quantitative estimate of drug-likeness (QED) is 0.782. The Morgan fingerprint density at radius 3 is 3.11 bits per heavy atom. The molecule has 2 N–H and O–H groups in total. The third-order valence-electron chi connectivity index (χ3n) is 3.06. The molecule has 5 nitrogen and oxygen atoms in total. The van der Waals surface area contributed by atoms with Crippen LogP contribution in [0, 0.1) is 5.21 Å². The van der Waals surface area contributed by atoms with E-state index in [0.29, 0.717) is 0 Å². The van der Waals surface area contributed by atoms with Crippen LogP contribution in [0.2, 0.25) is 0 Å². The van der Waals surface area contributed by atoms with Crippen LogP contribution in [-0.4, -0.2) is 17.0 Å². The van der Waals surface area contributed by atoms with Crippen molar-refractivity contribution in [3.63, 3.8) is 0 Å². The molecule has 0 saturated heterocycles. The number of nitrogens with one attached hydrogen (secondary N) is 1. The smallest absolute Gasteiger partial charge is 0.164 e. The summed E-state index contributed by atoms with van der Waals surface area (Å²) in [5.41, 5.74) is 1.97. The molecule has 2 unspecified atom stereocenters. The van der Waals surface area contributed by atoms with E-state index in [0.717, 1.165) is 37.0 Å². The lowest BCUT2D eigenvalue weighted by atomic mass is 10.0. The Hall–Kier alpha value is -1.43. The molecule has 0 bridgehead atoms. The van der Waals surface area contributed by atoms with Crippen LogP contribution in [0.5, 0.6) is 0 Å². The summed E-state index contributed by atoms with van der Waals surface area (Å²) in [6.45, 7) is 2.15. The van der Waals surface area contributed by atoms with Crippen molar-refractivity contribution >= 4 is 11.4 Å². The molecule has 0 fully saturated rings. The molecule has 0 radical (unpaired) electrons. The Morgan fingerprint density at radius 1 is 1.56 bits per heavy atom. The minimum atomic E-state index is -0.918. The minimum absolute atomic E-state index is 0.147. The topological polar surface area (TPSA) is 69.3 Å². The van der Waals surface area contributed by atoms with Gasteiger partial charge in [0, 0.05) is 24.1 Å². The zero-order chi connectivity index (χ0) is 13.0. The van der Waals surface area contributed by atoms with Crippen molar-refractivity contribution in [1.29, 1.82) is 0 Å². The number of quaternary nitrogens is 1. The first-order chi connectivity index (χ1) is 8.70. The fraction of sp³-hybridized carbons (Fsp3) is 0.462. The number of nitrogens with zero attached hydrogens (tertiary/aromatic N) is 1. The van der Waals surface area contributed by atoms with Gasteiger partial charge in [-0.3, -0.25) is 0 Å². The Labute approximate surface area is 106 Å². The highest BCUT2D eigenvalue weighted by atomic mass is 16.8. The maximum Gasteiger partial charge on any atom is 0.164 e. The fourth-order valence-electron chi connectivity index (χ4n) is 2.02. The van der Waals surface area contributed by atoms with Gasteiger partial charge in [0.05, 0.1) is 5.71 Å². The second-order valence-electron chi connectivity index (χ2n) is 4.50. The van der Waals surface area contributed by atoms with E-state index in [-0.39, 0.29) is 11.8 Å². The monoisotopic (exact) mass is 250 g/mol. The van der Waals surface area contributed by atoms with Gasteiger partial charge < -0.3 is 10.0 Å². The number of rotatable bonds is 5. The number of benzene rings is 1. The molecule has 1 aromatic carbocycles. The van der Waals surface area contributed by atoms with Gasteiger partial charge in [0.25, 0.3) is 0 Å². The van der Waals surface area contributed by atoms with Crippen molar-refractivity contribution in [2.75, 3.05) is 0 Å². The number of unbranched alkanes of at least 4 members (excludes halogenated alkanes) is 1. The third-order valence-corrected chi connectivity index (χ3v) is 3.06. The lowest BCUT2D eigenvalue weighted by Crippen LogP contribution is -2.99. The van der Waals surface area contributed by atoms with Gasteiger partial charge in [-0.05, 0) is 12.8 Å². The molecule has 0 spiro atoms. The van der Waals surface area contributed by atoms with Gasteiger partial charge in [-0.1, -0.05) is 30.6 Å². The van der Waals surface area contributed by atoms with Gasteiger partial charge in [0.2, 0.25) is 0 Å². The van der Waals surface area contributed by atoms with E-state index < -0.39 is 5.23 Å². The summed E-state index contributed by atoms with van der Waals surface area (Å²) in [5.74, 6) is 0. The predicted octanol–water partition coefficient (Wildman–Crippen LogP) is 1.77. The summed E-state index contributed by atoms with van der Waals surface area (Å²) in [5, 5.41) is 23.0. The van der Waals surface area contributed by atoms with Crippen LogP contribution >= 0.6 is 0 Å². The van der Waals surface area contributed by atoms with E-state index in [2.05, 4.69) is 12.1 Å². The summed E-state index contributed by atoms with van der Waals surface area (Å²) in [6, 6.07) is 6.83. The Morgan fingerprint density at radius 2 is 2.39 bits per heavy atom. The van der Waals surface area contributed by atoms with E-state index in [1.807, 2.05) is 6.07 Å². The van der Waals surface area contributed by atoms with Crippen LogP contribution in [0.4, 0.5) is 5.69 Å². The first-order valence-electron chi connectivity index (χ1n) is 6.27. The second kappa shape index (κ2) is 5.95. The maximum atomic E-state index is 10.9. The van der Waals surface area contributed by atoms with E-state index in [9.17, 15) is 5.21 Å². The van der Waals surface area contributed by atoms with Gasteiger partial charge in [-0.25, -0.2) is 5.21 Å². The van der Waals surface area contributed by atoms with Gasteiger partial charge in [-0.15, -0.1) is 0 Å². The second-order valence-corrected chi connectivity index (χ2v) is 4.50. The Balaban J connectivity index is 2.03. The molecule has 1 aliphatic rings. The molecule has 0 amide bonds. The van der Waals surface area contributed by atoms with Crippen LogP contribution in [0.1, 0.15) is 38.2 Å². The minimum Gasteiger partial charge on any atom is -0.595 e. The van der Waals surface area contributed by atoms with Gasteiger partial charge >= 0.3 is 0 Å². The predicted molar refractivity (Wildman–Crippen MR) is 67.8 cm³/mol. The summed E-state index contributed by atoms with van der Waals surface area (Å²) >= 11 is 0. The van der Waals surface area contributed by atoms with Gasteiger partial charge in [0.1, 0.15) is 6.10 Å². The largest absolute Gasteiger partial charge is 0.595 e. The van der Waals surface area contributed by atoms with Crippen molar-refractivity contribution < 1.29 is 15.3 Å². The average molecular weight is 250 g/mol. The highest BCUT2D eigenvalue weighted by Crippen LogP contribution is 2.21.